The van der Waals surface area contributed by atoms with Gasteiger partial charge in [0.1, 0.15) is 0 Å². The average molecular weight is 344 g/mol. The van der Waals surface area contributed by atoms with Crippen molar-refractivity contribution in [1.29, 1.82) is 0 Å². The lowest BCUT2D eigenvalue weighted by Gasteiger charge is -2.42. The monoisotopic (exact) mass is 343 g/mol. The molecular formula is C14H22BrN3O2. The average Bonchev–Trinajstić information content (AvgIpc) is 2.48. The fraction of sp³-hybridized carbons (Fsp3) is 0.643. The number of nitrogens with two attached hydrogens (primary N) is 1. The van der Waals surface area contributed by atoms with E-state index in [4.69, 9.17) is 15.3 Å². The number of nitrogens with one attached hydrogen (secondary N) is 1. The van der Waals surface area contributed by atoms with Gasteiger partial charge in [-0.2, -0.15) is 0 Å². The molecule has 5 nitrogen and oxygen atoms in total. The van der Waals surface area contributed by atoms with E-state index in [9.17, 15) is 0 Å². The van der Waals surface area contributed by atoms with Crippen LogP contribution >= 0.6 is 15.9 Å². The summed E-state index contributed by atoms with van der Waals surface area (Å²) in [6.07, 6.45) is 4.25. The molecule has 1 aromatic heterocycles. The van der Waals surface area contributed by atoms with E-state index in [1.165, 1.54) is 0 Å². The highest BCUT2D eigenvalue weighted by Gasteiger charge is 2.41. The summed E-state index contributed by atoms with van der Waals surface area (Å²) in [6, 6.07) is 4.03. The highest BCUT2D eigenvalue weighted by molar-refractivity contribution is 9.10. The zero-order valence-corrected chi connectivity index (χ0v) is 13.4. The van der Waals surface area contributed by atoms with Gasteiger partial charge in [-0.05, 0) is 35.0 Å². The van der Waals surface area contributed by atoms with Crippen molar-refractivity contribution < 1.29 is 9.47 Å². The molecule has 0 bridgehead atoms. The Morgan fingerprint density at radius 1 is 1.50 bits per heavy atom. The fourth-order valence-corrected chi connectivity index (χ4v) is 2.97. The molecule has 0 radical (unpaired) electrons. The Bertz CT molecular complexity index is 402. The number of rotatable bonds is 6. The summed E-state index contributed by atoms with van der Waals surface area (Å²) in [6.45, 7) is 4.12. The highest BCUT2D eigenvalue weighted by atomic mass is 79.9. The van der Waals surface area contributed by atoms with Gasteiger partial charge in [0.05, 0.1) is 11.6 Å². The third-order valence-corrected chi connectivity index (χ3v) is 4.28. The van der Waals surface area contributed by atoms with Gasteiger partial charge in [-0.1, -0.05) is 0 Å². The largest absolute Gasteiger partial charge is 0.381 e. The Morgan fingerprint density at radius 2 is 2.25 bits per heavy atom. The number of ether oxygens (including phenoxy) is 2. The topological polar surface area (TPSA) is 69.4 Å². The molecule has 20 heavy (non-hydrogen) atoms. The fourth-order valence-electron chi connectivity index (χ4n) is 2.73. The van der Waals surface area contributed by atoms with Crippen LogP contribution < -0.4 is 11.3 Å². The van der Waals surface area contributed by atoms with E-state index < -0.39 is 0 Å². The maximum atomic E-state index is 6.06. The molecule has 0 aliphatic carbocycles. The molecule has 1 saturated heterocycles. The minimum absolute atomic E-state index is 0.0278. The lowest BCUT2D eigenvalue weighted by Crippen LogP contribution is -2.58. The molecular weight excluding hydrogens is 322 g/mol. The zero-order valence-electron chi connectivity index (χ0n) is 11.8. The van der Waals surface area contributed by atoms with E-state index in [-0.39, 0.29) is 11.6 Å². The first-order valence-electron chi connectivity index (χ1n) is 6.98. The summed E-state index contributed by atoms with van der Waals surface area (Å²) in [5, 5.41) is 0. The van der Waals surface area contributed by atoms with E-state index in [1.54, 1.807) is 6.20 Å². The summed E-state index contributed by atoms with van der Waals surface area (Å²) in [5.74, 6) is 5.79. The number of pyridine rings is 1. The number of hydrogen-bond acceptors (Lipinski definition) is 5. The molecule has 1 aromatic rings. The maximum Gasteiger partial charge on any atom is 0.0895 e. The smallest absolute Gasteiger partial charge is 0.0895 e. The highest BCUT2D eigenvalue weighted by Crippen LogP contribution is 2.30. The van der Waals surface area contributed by atoms with E-state index in [0.717, 1.165) is 29.4 Å². The molecule has 1 aliphatic heterocycles. The lowest BCUT2D eigenvalue weighted by atomic mass is 9.83. The molecule has 1 fully saturated rings. The Hall–Kier alpha value is -0.530. The van der Waals surface area contributed by atoms with Gasteiger partial charge in [-0.25, -0.2) is 0 Å². The molecule has 1 unspecified atom stereocenters. The third-order valence-electron chi connectivity index (χ3n) is 3.81. The molecule has 2 heterocycles. The quantitative estimate of drug-likeness (QED) is 0.608. The van der Waals surface area contributed by atoms with Crippen molar-refractivity contribution >= 4 is 15.9 Å². The van der Waals surface area contributed by atoms with Crippen LogP contribution in [0.25, 0.3) is 0 Å². The standard InChI is InChI=1S/C14H22BrN3O2/c1-2-20-14(5-7-19-8-6-14)13(18-16)9-12-4-3-11(15)10-17-12/h3-4,10,13,18H,2,5-9,16H2,1H3. The zero-order chi connectivity index (χ0) is 14.4. The second-order valence-electron chi connectivity index (χ2n) is 5.00. The summed E-state index contributed by atoms with van der Waals surface area (Å²) in [5.41, 5.74) is 3.66. The van der Waals surface area contributed by atoms with Crippen molar-refractivity contribution in [1.82, 2.24) is 10.4 Å². The van der Waals surface area contributed by atoms with E-state index in [0.29, 0.717) is 19.8 Å². The second-order valence-corrected chi connectivity index (χ2v) is 5.92. The van der Waals surface area contributed by atoms with Gasteiger partial charge in [0.25, 0.3) is 0 Å². The molecule has 112 valence electrons. The molecule has 0 spiro atoms. The van der Waals surface area contributed by atoms with Gasteiger partial charge in [0.15, 0.2) is 0 Å². The van der Waals surface area contributed by atoms with Gasteiger partial charge in [-0.15, -0.1) is 0 Å². The molecule has 0 amide bonds. The predicted octanol–water partition coefficient (Wildman–Crippen LogP) is 1.80. The van der Waals surface area contributed by atoms with Crippen molar-refractivity contribution in [2.24, 2.45) is 5.84 Å². The van der Waals surface area contributed by atoms with E-state index in [1.807, 2.05) is 19.1 Å². The maximum absolute atomic E-state index is 6.06. The van der Waals surface area contributed by atoms with Crippen molar-refractivity contribution in [2.45, 2.75) is 37.8 Å². The number of hydrogen-bond donors (Lipinski definition) is 2. The first-order chi connectivity index (χ1) is 9.70. The summed E-state index contributed by atoms with van der Waals surface area (Å²) >= 11 is 3.40. The van der Waals surface area contributed by atoms with Crippen LogP contribution in [-0.2, 0) is 15.9 Å². The first-order valence-corrected chi connectivity index (χ1v) is 7.78. The first kappa shape index (κ1) is 15.9. The van der Waals surface area contributed by atoms with Crippen molar-refractivity contribution in [2.75, 3.05) is 19.8 Å². The molecule has 0 saturated carbocycles. The van der Waals surface area contributed by atoms with Gasteiger partial charge in [-0.3, -0.25) is 16.3 Å². The van der Waals surface area contributed by atoms with Gasteiger partial charge in [0, 0.05) is 55.4 Å². The molecule has 1 atom stereocenters. The number of halogens is 1. The van der Waals surface area contributed by atoms with E-state index >= 15 is 0 Å². The summed E-state index contributed by atoms with van der Waals surface area (Å²) < 4.78 is 12.5. The summed E-state index contributed by atoms with van der Waals surface area (Å²) in [7, 11) is 0. The molecule has 2 rings (SSSR count). The second kappa shape index (κ2) is 7.47. The predicted molar refractivity (Wildman–Crippen MR) is 81.2 cm³/mol. The minimum atomic E-state index is -0.267. The number of aromatic nitrogens is 1. The third kappa shape index (κ3) is 3.77. The van der Waals surface area contributed by atoms with Crippen molar-refractivity contribution in [3.8, 4) is 0 Å². The lowest BCUT2D eigenvalue weighted by molar-refractivity contribution is -0.126. The number of hydrazine groups is 1. The molecule has 0 aromatic carbocycles. The van der Waals surface area contributed by atoms with Crippen LogP contribution in [0, 0.1) is 0 Å². The Morgan fingerprint density at radius 3 is 2.80 bits per heavy atom. The normalized spacial score (nSPS) is 19.8. The van der Waals surface area contributed by atoms with Crippen LogP contribution in [0.15, 0.2) is 22.8 Å². The van der Waals surface area contributed by atoms with Crippen LogP contribution in [0.3, 0.4) is 0 Å². The van der Waals surface area contributed by atoms with Gasteiger partial charge < -0.3 is 9.47 Å². The Balaban J connectivity index is 2.13. The van der Waals surface area contributed by atoms with Crippen LogP contribution in [0.2, 0.25) is 0 Å². The minimum Gasteiger partial charge on any atom is -0.381 e. The Labute approximate surface area is 128 Å². The van der Waals surface area contributed by atoms with Gasteiger partial charge >= 0.3 is 0 Å². The van der Waals surface area contributed by atoms with Gasteiger partial charge in [0.2, 0.25) is 0 Å². The van der Waals surface area contributed by atoms with Crippen LogP contribution in [0.1, 0.15) is 25.5 Å². The van der Waals surface area contributed by atoms with Crippen LogP contribution in [-0.4, -0.2) is 36.4 Å². The summed E-state index contributed by atoms with van der Waals surface area (Å²) in [4.78, 5) is 4.42. The Kier molecular flexibility index (Phi) is 5.92. The van der Waals surface area contributed by atoms with Crippen LogP contribution in [0.5, 0.6) is 0 Å². The SMILES string of the molecule is CCOC1(C(Cc2ccc(Br)cn2)NN)CCOCC1. The van der Waals surface area contributed by atoms with E-state index in [2.05, 4.69) is 26.3 Å². The molecule has 3 N–H and O–H groups in total. The molecule has 1 aliphatic rings. The van der Waals surface area contributed by atoms with Crippen molar-refractivity contribution in [3.05, 3.63) is 28.5 Å². The molecule has 6 heteroatoms. The van der Waals surface area contributed by atoms with Crippen molar-refractivity contribution in [3.63, 3.8) is 0 Å². The number of nitrogens with zero attached hydrogens (tertiary/aromatic N) is 1. The van der Waals surface area contributed by atoms with Crippen LogP contribution in [0.4, 0.5) is 0 Å².